The predicted molar refractivity (Wildman–Crippen MR) is 75.4 cm³/mol. The smallest absolute Gasteiger partial charge is 0.178 e. The number of hydrogen-bond donors (Lipinski definition) is 2. The van der Waals surface area contributed by atoms with E-state index in [-0.39, 0.29) is 23.9 Å². The normalized spacial score (nSPS) is 11.8. The lowest BCUT2D eigenvalue weighted by atomic mass is 10.1. The third-order valence-electron chi connectivity index (χ3n) is 1.94. The van der Waals surface area contributed by atoms with E-state index in [0.717, 1.165) is 12.3 Å². The van der Waals surface area contributed by atoms with Crippen molar-refractivity contribution in [2.45, 2.75) is 0 Å². The molecule has 1 atom stereocenters. The first-order valence-corrected chi connectivity index (χ1v) is 8.52. The number of hydrogen-bond acceptors (Lipinski definition) is 3. The first-order chi connectivity index (χ1) is 8.13. The van der Waals surface area contributed by atoms with E-state index in [1.54, 1.807) is 0 Å². The van der Waals surface area contributed by atoms with Gasteiger partial charge in [0.2, 0.25) is 0 Å². The van der Waals surface area contributed by atoms with Crippen molar-refractivity contribution in [1.82, 2.24) is 0 Å². The standard InChI is InChI=1S/C10H8F2IN2OP/c11-8(5-16)3-6-1-2-7(4-14)10(9(6)12)15-17-13/h1-5,14-15,17H/b8-3-,14-4?. The van der Waals surface area contributed by atoms with Gasteiger partial charge in [-0.15, -0.1) is 0 Å². The minimum absolute atomic E-state index is 0.0111. The molecule has 0 radical (unpaired) electrons. The molecule has 1 aromatic carbocycles. The van der Waals surface area contributed by atoms with Crippen molar-refractivity contribution in [3.8, 4) is 0 Å². The SMILES string of the molecule is N=Cc1ccc(/C=C(\F)C=O)c(F)c1NPI. The predicted octanol–water partition coefficient (Wildman–Crippen LogP) is 3.69. The van der Waals surface area contributed by atoms with Crippen molar-refractivity contribution in [2.24, 2.45) is 0 Å². The number of rotatable bonds is 5. The highest BCUT2D eigenvalue weighted by molar-refractivity contribution is 14.2. The molecule has 0 bridgehead atoms. The lowest BCUT2D eigenvalue weighted by molar-refractivity contribution is -0.106. The van der Waals surface area contributed by atoms with Gasteiger partial charge in [0.15, 0.2) is 17.9 Å². The number of nitrogens with one attached hydrogen (secondary N) is 2. The van der Waals surface area contributed by atoms with Gasteiger partial charge in [0.1, 0.15) is 0 Å². The Morgan fingerprint density at radius 2 is 2.12 bits per heavy atom. The average molecular weight is 368 g/mol. The molecule has 0 heterocycles. The van der Waals surface area contributed by atoms with Crippen LogP contribution in [0.2, 0.25) is 0 Å². The first kappa shape index (κ1) is 14.2. The number of benzene rings is 1. The van der Waals surface area contributed by atoms with Gasteiger partial charge < -0.3 is 10.5 Å². The zero-order chi connectivity index (χ0) is 12.8. The lowest BCUT2D eigenvalue weighted by Crippen LogP contribution is -1.97. The molecule has 0 aromatic heterocycles. The van der Waals surface area contributed by atoms with Gasteiger partial charge in [-0.3, -0.25) is 4.79 Å². The summed E-state index contributed by atoms with van der Waals surface area (Å²) in [5.74, 6) is -1.72. The van der Waals surface area contributed by atoms with E-state index in [9.17, 15) is 13.6 Å². The first-order valence-electron chi connectivity index (χ1n) is 4.41. The van der Waals surface area contributed by atoms with Crippen LogP contribution in [-0.4, -0.2) is 12.5 Å². The summed E-state index contributed by atoms with van der Waals surface area (Å²) in [6, 6.07) is 2.80. The van der Waals surface area contributed by atoms with Crippen LogP contribution in [0.15, 0.2) is 18.0 Å². The fourth-order valence-corrected chi connectivity index (χ4v) is 2.35. The summed E-state index contributed by atoms with van der Waals surface area (Å²) in [5.41, 5.74) is 0.479. The van der Waals surface area contributed by atoms with Gasteiger partial charge in [0, 0.05) is 23.7 Å². The molecule has 0 aliphatic rings. The van der Waals surface area contributed by atoms with E-state index in [4.69, 9.17) is 5.41 Å². The summed E-state index contributed by atoms with van der Waals surface area (Å²) in [6.07, 6.45) is 2.05. The summed E-state index contributed by atoms with van der Waals surface area (Å²) in [4.78, 5) is 10.1. The van der Waals surface area contributed by atoms with Crippen LogP contribution in [0.1, 0.15) is 11.1 Å². The highest BCUT2D eigenvalue weighted by Crippen LogP contribution is 2.30. The number of allylic oxidation sites excluding steroid dienone is 1. The molecular formula is C10H8F2IN2OP. The Morgan fingerprint density at radius 3 is 2.65 bits per heavy atom. The molecule has 0 spiro atoms. The van der Waals surface area contributed by atoms with Gasteiger partial charge >= 0.3 is 0 Å². The summed E-state index contributed by atoms with van der Waals surface area (Å²) in [6.45, 7) is 0. The fourth-order valence-electron chi connectivity index (χ4n) is 1.20. The van der Waals surface area contributed by atoms with E-state index in [0.29, 0.717) is 5.56 Å². The van der Waals surface area contributed by atoms with Gasteiger partial charge in [-0.25, -0.2) is 8.78 Å². The zero-order valence-corrected chi connectivity index (χ0v) is 11.6. The Labute approximate surface area is 112 Å². The van der Waals surface area contributed by atoms with Crippen LogP contribution in [0.5, 0.6) is 0 Å². The quantitative estimate of drug-likeness (QED) is 0.274. The number of carbonyl (C=O) groups is 1. The highest BCUT2D eigenvalue weighted by atomic mass is 127. The Hall–Kier alpha value is -0.880. The fraction of sp³-hybridized carbons (Fsp3) is 0. The molecule has 90 valence electrons. The molecule has 17 heavy (non-hydrogen) atoms. The van der Waals surface area contributed by atoms with Gasteiger partial charge in [-0.1, -0.05) is 12.1 Å². The van der Waals surface area contributed by atoms with Crippen LogP contribution in [-0.2, 0) is 4.79 Å². The van der Waals surface area contributed by atoms with Crippen LogP contribution in [0, 0.1) is 11.2 Å². The van der Waals surface area contributed by atoms with Gasteiger partial charge in [0.25, 0.3) is 0 Å². The van der Waals surface area contributed by atoms with Crippen LogP contribution in [0.3, 0.4) is 0 Å². The van der Waals surface area contributed by atoms with Crippen molar-refractivity contribution in [3.05, 3.63) is 34.9 Å². The molecule has 1 unspecified atom stereocenters. The van der Waals surface area contributed by atoms with Gasteiger partial charge in [-0.2, -0.15) is 0 Å². The third-order valence-corrected chi connectivity index (χ3v) is 3.09. The van der Waals surface area contributed by atoms with Crippen LogP contribution in [0.4, 0.5) is 14.5 Å². The molecule has 0 saturated carbocycles. The molecule has 3 nitrogen and oxygen atoms in total. The number of halogens is 3. The van der Waals surface area contributed by atoms with Crippen LogP contribution in [0.25, 0.3) is 6.08 Å². The van der Waals surface area contributed by atoms with E-state index in [1.165, 1.54) is 12.1 Å². The summed E-state index contributed by atoms with van der Waals surface area (Å²) < 4.78 is 26.7. The Bertz CT molecular complexity index is 480. The molecule has 0 saturated heterocycles. The van der Waals surface area contributed by atoms with Crippen molar-refractivity contribution in [2.75, 3.05) is 5.09 Å². The van der Waals surface area contributed by atoms with E-state index < -0.39 is 11.6 Å². The van der Waals surface area contributed by atoms with E-state index in [1.807, 2.05) is 22.0 Å². The van der Waals surface area contributed by atoms with E-state index >= 15 is 0 Å². The zero-order valence-electron chi connectivity index (χ0n) is 8.43. The molecule has 0 aliphatic carbocycles. The monoisotopic (exact) mass is 368 g/mol. The number of carbonyl (C=O) groups excluding carboxylic acids is 1. The molecule has 1 aromatic rings. The molecule has 1 rings (SSSR count). The molecule has 0 fully saturated rings. The van der Waals surface area contributed by atoms with Gasteiger partial charge in [0.05, 0.1) is 5.69 Å². The van der Waals surface area contributed by atoms with Crippen molar-refractivity contribution < 1.29 is 13.6 Å². The minimum Gasteiger partial charge on any atom is -0.356 e. The molecule has 2 N–H and O–H groups in total. The van der Waals surface area contributed by atoms with Crippen LogP contribution < -0.4 is 5.09 Å². The second-order valence-electron chi connectivity index (χ2n) is 2.94. The lowest BCUT2D eigenvalue weighted by Gasteiger charge is -2.09. The number of aldehydes is 1. The Kier molecular flexibility index (Phi) is 5.64. The molecule has 0 aliphatic heterocycles. The maximum Gasteiger partial charge on any atom is 0.178 e. The highest BCUT2D eigenvalue weighted by Gasteiger charge is 2.11. The second kappa shape index (κ2) is 6.76. The molecule has 7 heteroatoms. The topological polar surface area (TPSA) is 53.0 Å². The maximum atomic E-state index is 13.9. The Morgan fingerprint density at radius 1 is 1.47 bits per heavy atom. The van der Waals surface area contributed by atoms with Crippen molar-refractivity contribution >= 4 is 52.7 Å². The Balaban J connectivity index is 3.31. The van der Waals surface area contributed by atoms with Gasteiger partial charge in [-0.05, 0) is 28.1 Å². The van der Waals surface area contributed by atoms with Crippen molar-refractivity contribution in [1.29, 1.82) is 5.41 Å². The molecule has 0 amide bonds. The third kappa shape index (κ3) is 3.54. The second-order valence-corrected chi connectivity index (χ2v) is 5.00. The van der Waals surface area contributed by atoms with Crippen molar-refractivity contribution in [3.63, 3.8) is 0 Å². The minimum atomic E-state index is -1.05. The number of anilines is 1. The van der Waals surface area contributed by atoms with Crippen LogP contribution >= 0.6 is 28.4 Å². The summed E-state index contributed by atoms with van der Waals surface area (Å²) in [5, 5.41) is 9.91. The maximum absolute atomic E-state index is 13.9. The van der Waals surface area contributed by atoms with E-state index in [2.05, 4.69) is 5.09 Å². The summed E-state index contributed by atoms with van der Waals surface area (Å²) in [7, 11) is 0. The largest absolute Gasteiger partial charge is 0.356 e. The summed E-state index contributed by atoms with van der Waals surface area (Å²) >= 11 is 2.01. The average Bonchev–Trinajstić information content (AvgIpc) is 2.34. The molecular weight excluding hydrogens is 360 g/mol.